The van der Waals surface area contributed by atoms with Crippen LogP contribution < -0.4 is 5.32 Å². The molecule has 0 amide bonds. The lowest BCUT2D eigenvalue weighted by Gasteiger charge is -2.15. The molecule has 1 rings (SSSR count). The minimum Gasteiger partial charge on any atom is -0.379 e. The van der Waals surface area contributed by atoms with Crippen molar-refractivity contribution in [3.8, 4) is 0 Å². The average molecular weight is 229 g/mol. The van der Waals surface area contributed by atoms with Gasteiger partial charge in [0.15, 0.2) is 0 Å². The zero-order chi connectivity index (χ0) is 10.9. The van der Waals surface area contributed by atoms with Crippen molar-refractivity contribution in [1.82, 2.24) is 14.9 Å². The number of nitrogens with zero attached hydrogens (tertiary/aromatic N) is 2. The molecule has 1 unspecified atom stereocenters. The van der Waals surface area contributed by atoms with Gasteiger partial charge in [-0.1, -0.05) is 18.3 Å². The van der Waals surface area contributed by atoms with Crippen LogP contribution in [0, 0.1) is 0 Å². The molecule has 1 heterocycles. The molecular weight excluding hydrogens is 210 g/mol. The molecular formula is C10H19N3OS. The molecule has 0 saturated heterocycles. The minimum atomic E-state index is 0.190. The molecule has 1 atom stereocenters. The number of aromatic nitrogens is 2. The maximum Gasteiger partial charge on any atom is 0.0948 e. The van der Waals surface area contributed by atoms with Crippen LogP contribution in [0.5, 0.6) is 0 Å². The van der Waals surface area contributed by atoms with Crippen molar-refractivity contribution < 1.29 is 4.74 Å². The van der Waals surface area contributed by atoms with Crippen LogP contribution in [-0.4, -0.2) is 29.3 Å². The predicted octanol–water partition coefficient (Wildman–Crippen LogP) is 2.01. The summed E-state index contributed by atoms with van der Waals surface area (Å²) in [6, 6.07) is 0.190. The van der Waals surface area contributed by atoms with Gasteiger partial charge in [-0.15, -0.1) is 5.10 Å². The number of hydrogen-bond acceptors (Lipinski definition) is 5. The highest BCUT2D eigenvalue weighted by atomic mass is 32.1. The van der Waals surface area contributed by atoms with Gasteiger partial charge in [0, 0.05) is 12.0 Å². The molecule has 1 N–H and O–H groups in total. The molecule has 0 aliphatic heterocycles. The van der Waals surface area contributed by atoms with Gasteiger partial charge in [0.1, 0.15) is 0 Å². The fraction of sp³-hybridized carbons (Fsp3) is 0.800. The lowest BCUT2D eigenvalue weighted by Crippen LogP contribution is -2.26. The third-order valence-corrected chi connectivity index (χ3v) is 2.53. The maximum absolute atomic E-state index is 5.54. The second-order valence-corrected chi connectivity index (χ2v) is 4.02. The molecule has 0 radical (unpaired) electrons. The molecule has 86 valence electrons. The molecule has 0 bridgehead atoms. The van der Waals surface area contributed by atoms with Gasteiger partial charge in [0.25, 0.3) is 0 Å². The molecule has 0 spiro atoms. The van der Waals surface area contributed by atoms with Gasteiger partial charge < -0.3 is 10.1 Å². The van der Waals surface area contributed by atoms with E-state index >= 15 is 0 Å². The highest BCUT2D eigenvalue weighted by molar-refractivity contribution is 7.03. The van der Waals surface area contributed by atoms with E-state index in [0.717, 1.165) is 31.7 Å². The second kappa shape index (κ2) is 7.73. The van der Waals surface area contributed by atoms with E-state index in [4.69, 9.17) is 4.74 Å². The Balaban J connectivity index is 2.39. The average Bonchev–Trinajstić information content (AvgIpc) is 2.76. The van der Waals surface area contributed by atoms with Crippen molar-refractivity contribution in [2.24, 2.45) is 0 Å². The van der Waals surface area contributed by atoms with E-state index < -0.39 is 0 Å². The van der Waals surface area contributed by atoms with Gasteiger partial charge in [-0.2, -0.15) is 0 Å². The summed E-state index contributed by atoms with van der Waals surface area (Å²) in [4.78, 5) is 0. The zero-order valence-corrected chi connectivity index (χ0v) is 10.2. The van der Waals surface area contributed by atoms with Crippen molar-refractivity contribution in [1.29, 1.82) is 0 Å². The van der Waals surface area contributed by atoms with Gasteiger partial charge in [0.2, 0.25) is 0 Å². The topological polar surface area (TPSA) is 47.0 Å². The van der Waals surface area contributed by atoms with Crippen LogP contribution in [0.25, 0.3) is 0 Å². The van der Waals surface area contributed by atoms with Crippen molar-refractivity contribution >= 4 is 11.5 Å². The fourth-order valence-electron chi connectivity index (χ4n) is 1.24. The fourth-order valence-corrected chi connectivity index (χ4v) is 1.74. The Bertz CT molecular complexity index is 241. The molecule has 1 aromatic rings. The Labute approximate surface area is 95.2 Å². The lowest BCUT2D eigenvalue weighted by atomic mass is 10.2. The Kier molecular flexibility index (Phi) is 6.47. The van der Waals surface area contributed by atoms with Gasteiger partial charge in [-0.3, -0.25) is 0 Å². The lowest BCUT2D eigenvalue weighted by molar-refractivity contribution is 0.111. The van der Waals surface area contributed by atoms with Crippen LogP contribution in [0.15, 0.2) is 5.38 Å². The van der Waals surface area contributed by atoms with Crippen molar-refractivity contribution in [3.05, 3.63) is 11.1 Å². The molecule has 5 heteroatoms. The number of hydrogen-bond donors (Lipinski definition) is 1. The van der Waals surface area contributed by atoms with E-state index in [9.17, 15) is 0 Å². The van der Waals surface area contributed by atoms with E-state index in [1.807, 2.05) is 5.38 Å². The largest absolute Gasteiger partial charge is 0.379 e. The summed E-state index contributed by atoms with van der Waals surface area (Å²) in [5.74, 6) is 0. The molecule has 15 heavy (non-hydrogen) atoms. The summed E-state index contributed by atoms with van der Waals surface area (Å²) in [5.41, 5.74) is 0.990. The van der Waals surface area contributed by atoms with E-state index in [-0.39, 0.29) is 6.04 Å². The van der Waals surface area contributed by atoms with Crippen LogP contribution in [0.2, 0.25) is 0 Å². The first-order chi connectivity index (χ1) is 7.38. The molecule has 1 aromatic heterocycles. The summed E-state index contributed by atoms with van der Waals surface area (Å²) in [7, 11) is 0. The minimum absolute atomic E-state index is 0.190. The van der Waals surface area contributed by atoms with Crippen LogP contribution in [-0.2, 0) is 4.74 Å². The van der Waals surface area contributed by atoms with E-state index in [1.54, 1.807) is 0 Å². The molecule has 0 aromatic carbocycles. The molecule has 0 aliphatic rings. The van der Waals surface area contributed by atoms with Crippen LogP contribution in [0.1, 0.15) is 38.4 Å². The first-order valence-corrected chi connectivity index (χ1v) is 6.30. The van der Waals surface area contributed by atoms with Crippen molar-refractivity contribution in [2.45, 2.75) is 32.7 Å². The third kappa shape index (κ3) is 4.68. The standard InChI is InChI=1S/C10H19N3OS/c1-3-5-11-9(7-14-6-4-2)10-8-15-13-12-10/h8-9,11H,3-7H2,1-2H3. The summed E-state index contributed by atoms with van der Waals surface area (Å²) < 4.78 is 9.42. The van der Waals surface area contributed by atoms with Gasteiger partial charge in [-0.05, 0) is 30.9 Å². The Morgan fingerprint density at radius 1 is 1.47 bits per heavy atom. The SMILES string of the molecule is CCCNC(COCCC)c1csnn1. The summed E-state index contributed by atoms with van der Waals surface area (Å²) >= 11 is 1.38. The summed E-state index contributed by atoms with van der Waals surface area (Å²) in [6.45, 7) is 6.73. The monoisotopic (exact) mass is 229 g/mol. The Morgan fingerprint density at radius 2 is 2.33 bits per heavy atom. The number of nitrogens with one attached hydrogen (secondary N) is 1. The predicted molar refractivity (Wildman–Crippen MR) is 62.1 cm³/mol. The van der Waals surface area contributed by atoms with E-state index in [2.05, 4.69) is 28.8 Å². The third-order valence-electron chi connectivity index (χ3n) is 2.01. The smallest absolute Gasteiger partial charge is 0.0948 e. The number of rotatable bonds is 8. The van der Waals surface area contributed by atoms with Crippen LogP contribution >= 0.6 is 11.5 Å². The summed E-state index contributed by atoms with van der Waals surface area (Å²) in [6.07, 6.45) is 2.16. The summed E-state index contributed by atoms with van der Waals surface area (Å²) in [5, 5.41) is 9.46. The van der Waals surface area contributed by atoms with Gasteiger partial charge >= 0.3 is 0 Å². The van der Waals surface area contributed by atoms with Crippen LogP contribution in [0.4, 0.5) is 0 Å². The zero-order valence-electron chi connectivity index (χ0n) is 9.40. The number of ether oxygens (including phenoxy) is 1. The van der Waals surface area contributed by atoms with Crippen molar-refractivity contribution in [3.63, 3.8) is 0 Å². The van der Waals surface area contributed by atoms with Gasteiger partial charge in [-0.25, -0.2) is 0 Å². The van der Waals surface area contributed by atoms with Crippen LogP contribution in [0.3, 0.4) is 0 Å². The highest BCUT2D eigenvalue weighted by Gasteiger charge is 2.13. The Morgan fingerprint density at radius 3 is 2.93 bits per heavy atom. The first-order valence-electron chi connectivity index (χ1n) is 5.46. The quantitative estimate of drug-likeness (QED) is 0.693. The first kappa shape index (κ1) is 12.5. The maximum atomic E-state index is 5.54. The second-order valence-electron chi connectivity index (χ2n) is 3.41. The molecule has 4 nitrogen and oxygen atoms in total. The Hall–Kier alpha value is -0.520. The van der Waals surface area contributed by atoms with E-state index in [1.165, 1.54) is 11.5 Å². The molecule has 0 fully saturated rings. The van der Waals surface area contributed by atoms with Crippen molar-refractivity contribution in [2.75, 3.05) is 19.8 Å². The highest BCUT2D eigenvalue weighted by Crippen LogP contribution is 2.11. The molecule has 0 saturated carbocycles. The van der Waals surface area contributed by atoms with Gasteiger partial charge in [0.05, 0.1) is 18.3 Å². The normalized spacial score (nSPS) is 12.9. The molecule has 0 aliphatic carbocycles. The van der Waals surface area contributed by atoms with E-state index in [0.29, 0.717) is 6.61 Å².